The number of rotatable bonds is 1. The molecule has 0 aromatic rings. The minimum Gasteiger partial charge on any atom is -0.118 e. The van der Waals surface area contributed by atoms with E-state index in [4.69, 9.17) is 11.6 Å². The number of hydrogen-bond acceptors (Lipinski definition) is 0. The van der Waals surface area contributed by atoms with E-state index in [9.17, 15) is 0 Å². The van der Waals surface area contributed by atoms with Crippen LogP contribution in [0.5, 0.6) is 0 Å². The Kier molecular flexibility index (Phi) is 3.45. The van der Waals surface area contributed by atoms with Crippen LogP contribution in [0.15, 0.2) is 11.6 Å². The molecular formula is C12H17Cl. The fraction of sp³-hybridized carbons (Fsp3) is 0.667. The molecule has 1 rings (SSSR count). The van der Waals surface area contributed by atoms with Crippen LogP contribution < -0.4 is 0 Å². The monoisotopic (exact) mass is 196 g/mol. The zero-order chi connectivity index (χ0) is 9.90. The first-order valence-corrected chi connectivity index (χ1v) is 5.25. The summed E-state index contributed by atoms with van der Waals surface area (Å²) < 4.78 is 0. The van der Waals surface area contributed by atoms with E-state index in [-0.39, 0.29) is 10.8 Å². The molecule has 0 aromatic carbocycles. The highest BCUT2D eigenvalue weighted by Crippen LogP contribution is 2.24. The third-order valence-corrected chi connectivity index (χ3v) is 2.28. The Morgan fingerprint density at radius 3 is 2.69 bits per heavy atom. The van der Waals surface area contributed by atoms with Crippen LogP contribution in [-0.4, -0.2) is 5.38 Å². The maximum atomic E-state index is 5.95. The third kappa shape index (κ3) is 4.39. The Labute approximate surface area is 86.4 Å². The van der Waals surface area contributed by atoms with Gasteiger partial charge in [-0.15, -0.1) is 11.6 Å². The normalized spacial score (nSPS) is 22.2. The second-order valence-corrected chi connectivity index (χ2v) is 5.17. The summed E-state index contributed by atoms with van der Waals surface area (Å²) in [6.07, 6.45) is 5.28. The summed E-state index contributed by atoms with van der Waals surface area (Å²) in [5.41, 5.74) is 1.54. The second kappa shape index (κ2) is 4.20. The summed E-state index contributed by atoms with van der Waals surface area (Å²) in [6.45, 7) is 6.40. The maximum absolute atomic E-state index is 5.95. The quantitative estimate of drug-likeness (QED) is 0.341. The third-order valence-electron chi connectivity index (χ3n) is 1.94. The maximum Gasteiger partial charge on any atom is 0.0522 e. The molecule has 0 amide bonds. The molecule has 1 unspecified atom stereocenters. The summed E-state index contributed by atoms with van der Waals surface area (Å²) >= 11 is 5.95. The smallest absolute Gasteiger partial charge is 0.0522 e. The van der Waals surface area contributed by atoms with E-state index >= 15 is 0 Å². The molecule has 13 heavy (non-hydrogen) atoms. The molecule has 0 spiro atoms. The predicted molar refractivity (Wildman–Crippen MR) is 58.8 cm³/mol. The number of allylic oxidation sites excluding steroid dienone is 2. The van der Waals surface area contributed by atoms with Crippen molar-refractivity contribution in [3.05, 3.63) is 11.6 Å². The topological polar surface area (TPSA) is 0 Å². The minimum atomic E-state index is 0.125. The molecule has 1 aliphatic rings. The summed E-state index contributed by atoms with van der Waals surface area (Å²) in [5.74, 6) is 6.44. The number of halogens is 1. The molecular weight excluding hydrogens is 180 g/mol. The lowest BCUT2D eigenvalue weighted by Gasteiger charge is -2.06. The van der Waals surface area contributed by atoms with Crippen molar-refractivity contribution in [2.24, 2.45) is 5.41 Å². The van der Waals surface area contributed by atoms with E-state index in [0.29, 0.717) is 0 Å². The zero-order valence-corrected chi connectivity index (χ0v) is 9.41. The van der Waals surface area contributed by atoms with Gasteiger partial charge in [-0.3, -0.25) is 0 Å². The number of hydrogen-bond donors (Lipinski definition) is 0. The molecule has 1 atom stereocenters. The molecule has 1 aliphatic carbocycles. The summed E-state index contributed by atoms with van der Waals surface area (Å²) in [5, 5.41) is 0.256. The van der Waals surface area contributed by atoms with Crippen molar-refractivity contribution < 1.29 is 0 Å². The molecule has 0 saturated carbocycles. The van der Waals surface area contributed by atoms with Gasteiger partial charge in [0.05, 0.1) is 5.38 Å². The van der Waals surface area contributed by atoms with Crippen molar-refractivity contribution in [1.29, 1.82) is 0 Å². The fourth-order valence-corrected chi connectivity index (χ4v) is 1.60. The van der Waals surface area contributed by atoms with Crippen molar-refractivity contribution in [1.82, 2.24) is 0 Å². The van der Waals surface area contributed by atoms with Crippen LogP contribution >= 0.6 is 11.6 Å². The van der Waals surface area contributed by atoms with Crippen molar-refractivity contribution in [3.63, 3.8) is 0 Å². The highest BCUT2D eigenvalue weighted by Gasteiger charge is 2.11. The molecule has 0 N–H and O–H groups in total. The van der Waals surface area contributed by atoms with Gasteiger partial charge in [-0.25, -0.2) is 0 Å². The highest BCUT2D eigenvalue weighted by atomic mass is 35.5. The molecule has 0 fully saturated rings. The van der Waals surface area contributed by atoms with Crippen molar-refractivity contribution in [2.75, 3.05) is 0 Å². The van der Waals surface area contributed by atoms with Gasteiger partial charge >= 0.3 is 0 Å². The van der Waals surface area contributed by atoms with Gasteiger partial charge < -0.3 is 0 Å². The van der Waals surface area contributed by atoms with Gasteiger partial charge in [0.15, 0.2) is 0 Å². The van der Waals surface area contributed by atoms with Crippen LogP contribution in [0.1, 0.15) is 40.0 Å². The lowest BCUT2D eigenvalue weighted by molar-refractivity contribution is 0.570. The van der Waals surface area contributed by atoms with Crippen molar-refractivity contribution in [2.45, 2.75) is 45.4 Å². The van der Waals surface area contributed by atoms with E-state index < -0.39 is 0 Å². The van der Waals surface area contributed by atoms with Gasteiger partial charge in [-0.05, 0) is 33.6 Å². The average Bonchev–Trinajstić information content (AvgIpc) is 2.33. The lowest BCUT2D eigenvalue weighted by Crippen LogP contribution is -1.99. The Bertz CT molecular complexity index is 257. The van der Waals surface area contributed by atoms with E-state index in [2.05, 4.69) is 38.7 Å². The Morgan fingerprint density at radius 2 is 2.23 bits per heavy atom. The first-order chi connectivity index (χ1) is 5.97. The first-order valence-electron chi connectivity index (χ1n) is 4.81. The largest absolute Gasteiger partial charge is 0.118 e. The first kappa shape index (κ1) is 10.7. The standard InChI is InChI=1S/C12H17Cl/c1-12(2,3)8-4-5-10-6-7-11(13)9-10/h9,11H,5-7H2,1-3H3. The van der Waals surface area contributed by atoms with Crippen LogP contribution in [0.25, 0.3) is 0 Å². The predicted octanol–water partition coefficient (Wildman–Crippen LogP) is 3.75. The van der Waals surface area contributed by atoms with E-state index in [0.717, 1.165) is 19.3 Å². The van der Waals surface area contributed by atoms with Crippen LogP contribution in [0.3, 0.4) is 0 Å². The van der Waals surface area contributed by atoms with E-state index in [1.807, 2.05) is 0 Å². The van der Waals surface area contributed by atoms with Crippen LogP contribution in [-0.2, 0) is 0 Å². The second-order valence-electron chi connectivity index (χ2n) is 4.61. The molecule has 72 valence electrons. The van der Waals surface area contributed by atoms with Crippen molar-refractivity contribution in [3.8, 4) is 11.8 Å². The molecule has 0 nitrogen and oxygen atoms in total. The SMILES string of the molecule is CC(C)(C)C#CCC1=CC(Cl)CC1. The lowest BCUT2D eigenvalue weighted by atomic mass is 9.97. The van der Waals surface area contributed by atoms with Gasteiger partial charge in [0.2, 0.25) is 0 Å². The molecule has 0 aromatic heterocycles. The van der Waals surface area contributed by atoms with E-state index in [1.165, 1.54) is 5.57 Å². The molecule has 0 bridgehead atoms. The van der Waals surface area contributed by atoms with Gasteiger partial charge in [-0.2, -0.15) is 0 Å². The Balaban J connectivity index is 2.42. The molecule has 1 heteroatoms. The number of alkyl halides is 1. The van der Waals surface area contributed by atoms with Crippen LogP contribution in [0.4, 0.5) is 0 Å². The molecule has 0 saturated heterocycles. The summed E-state index contributed by atoms with van der Waals surface area (Å²) in [4.78, 5) is 0. The average molecular weight is 197 g/mol. The van der Waals surface area contributed by atoms with Gasteiger partial charge in [0.25, 0.3) is 0 Å². The van der Waals surface area contributed by atoms with Crippen LogP contribution in [0.2, 0.25) is 0 Å². The highest BCUT2D eigenvalue weighted by molar-refractivity contribution is 6.22. The Hall–Kier alpha value is -0.410. The molecule has 0 radical (unpaired) electrons. The van der Waals surface area contributed by atoms with Crippen molar-refractivity contribution >= 4 is 11.6 Å². The van der Waals surface area contributed by atoms with Gasteiger partial charge in [-0.1, -0.05) is 23.5 Å². The fourth-order valence-electron chi connectivity index (χ4n) is 1.32. The summed E-state index contributed by atoms with van der Waals surface area (Å²) in [6, 6.07) is 0. The van der Waals surface area contributed by atoms with Crippen LogP contribution in [0, 0.1) is 17.3 Å². The Morgan fingerprint density at radius 1 is 1.54 bits per heavy atom. The van der Waals surface area contributed by atoms with Gasteiger partial charge in [0.1, 0.15) is 0 Å². The zero-order valence-electron chi connectivity index (χ0n) is 8.65. The minimum absolute atomic E-state index is 0.125. The van der Waals surface area contributed by atoms with Gasteiger partial charge in [0, 0.05) is 11.8 Å². The molecule has 0 heterocycles. The molecule has 0 aliphatic heterocycles. The van der Waals surface area contributed by atoms with E-state index in [1.54, 1.807) is 0 Å². The summed E-state index contributed by atoms with van der Waals surface area (Å²) in [7, 11) is 0.